The van der Waals surface area contributed by atoms with E-state index in [-0.39, 0.29) is 12.0 Å². The van der Waals surface area contributed by atoms with Gasteiger partial charge in [-0.3, -0.25) is 9.69 Å². The van der Waals surface area contributed by atoms with Crippen LogP contribution in [0.1, 0.15) is 46.1 Å². The van der Waals surface area contributed by atoms with Crippen molar-refractivity contribution in [2.45, 2.75) is 58.6 Å². The van der Waals surface area contributed by atoms with Crippen molar-refractivity contribution in [2.24, 2.45) is 5.92 Å². The largest absolute Gasteiger partial charge is 0.444 e. The molecule has 2 unspecified atom stereocenters. The second-order valence-corrected chi connectivity index (χ2v) is 8.22. The topological polar surface area (TPSA) is 49.9 Å². The first-order chi connectivity index (χ1) is 11.8. The summed E-state index contributed by atoms with van der Waals surface area (Å²) in [6.07, 6.45) is 2.13. The number of benzene rings is 1. The molecule has 2 atom stereocenters. The Kier molecular flexibility index (Phi) is 4.76. The first kappa shape index (κ1) is 17.8. The average molecular weight is 344 g/mol. The van der Waals surface area contributed by atoms with Crippen LogP contribution in [0.2, 0.25) is 0 Å². The van der Waals surface area contributed by atoms with Crippen LogP contribution in [0.3, 0.4) is 0 Å². The van der Waals surface area contributed by atoms with Crippen LogP contribution in [0.15, 0.2) is 24.3 Å². The van der Waals surface area contributed by atoms with Crippen molar-refractivity contribution >= 4 is 17.7 Å². The fraction of sp³-hybridized carbons (Fsp3) is 0.600. The summed E-state index contributed by atoms with van der Waals surface area (Å²) in [7, 11) is 0. The molecule has 0 spiro atoms. The molecule has 3 rings (SSSR count). The van der Waals surface area contributed by atoms with Crippen molar-refractivity contribution in [3.8, 4) is 0 Å². The molecule has 5 heteroatoms. The Morgan fingerprint density at radius 1 is 1.20 bits per heavy atom. The van der Waals surface area contributed by atoms with Gasteiger partial charge in [-0.1, -0.05) is 25.1 Å². The number of hydrogen-bond acceptors (Lipinski definition) is 3. The maximum Gasteiger partial charge on any atom is 0.410 e. The van der Waals surface area contributed by atoms with Crippen molar-refractivity contribution in [1.29, 1.82) is 0 Å². The van der Waals surface area contributed by atoms with Gasteiger partial charge in [0.2, 0.25) is 5.91 Å². The molecule has 0 radical (unpaired) electrons. The van der Waals surface area contributed by atoms with Gasteiger partial charge in [-0.05, 0) is 57.6 Å². The number of para-hydroxylation sites is 1. The number of hydrogen-bond donors (Lipinski definition) is 0. The first-order valence-electron chi connectivity index (χ1n) is 9.15. The maximum absolute atomic E-state index is 13.3. The Morgan fingerprint density at radius 3 is 2.64 bits per heavy atom. The van der Waals surface area contributed by atoms with Gasteiger partial charge in [0, 0.05) is 18.8 Å². The summed E-state index contributed by atoms with van der Waals surface area (Å²) in [5.41, 5.74) is 1.64. The van der Waals surface area contributed by atoms with E-state index in [2.05, 4.69) is 13.0 Å². The number of carbonyl (C=O) groups is 2. The molecule has 0 saturated carbocycles. The third kappa shape index (κ3) is 3.80. The smallest absolute Gasteiger partial charge is 0.410 e. The van der Waals surface area contributed by atoms with E-state index in [9.17, 15) is 9.59 Å². The monoisotopic (exact) mass is 344 g/mol. The second-order valence-electron chi connectivity index (χ2n) is 8.22. The molecule has 0 aromatic heterocycles. The van der Waals surface area contributed by atoms with Crippen LogP contribution in [-0.4, -0.2) is 41.6 Å². The highest BCUT2D eigenvalue weighted by molar-refractivity contribution is 6.00. The molecule has 1 fully saturated rings. The third-order valence-electron chi connectivity index (χ3n) is 4.78. The molecule has 0 N–H and O–H groups in total. The summed E-state index contributed by atoms with van der Waals surface area (Å²) >= 11 is 0. The van der Waals surface area contributed by atoms with Crippen molar-refractivity contribution < 1.29 is 14.3 Å². The van der Waals surface area contributed by atoms with Crippen LogP contribution in [0.4, 0.5) is 10.5 Å². The second kappa shape index (κ2) is 6.70. The molecule has 136 valence electrons. The number of anilines is 1. The van der Waals surface area contributed by atoms with Crippen LogP contribution >= 0.6 is 0 Å². The zero-order chi connectivity index (χ0) is 18.2. The van der Waals surface area contributed by atoms with E-state index >= 15 is 0 Å². The molecule has 2 aliphatic heterocycles. The number of ether oxygens (including phenoxy) is 1. The van der Waals surface area contributed by atoms with Crippen molar-refractivity contribution in [2.75, 3.05) is 18.0 Å². The van der Waals surface area contributed by atoms with E-state index in [0.717, 1.165) is 18.5 Å². The summed E-state index contributed by atoms with van der Waals surface area (Å²) in [5, 5.41) is 0. The lowest BCUT2D eigenvalue weighted by molar-refractivity contribution is -0.123. The van der Waals surface area contributed by atoms with Gasteiger partial charge in [0.1, 0.15) is 11.6 Å². The van der Waals surface area contributed by atoms with Crippen molar-refractivity contribution in [3.63, 3.8) is 0 Å². The lowest BCUT2D eigenvalue weighted by atomic mass is 9.93. The Labute approximate surface area is 149 Å². The third-order valence-corrected chi connectivity index (χ3v) is 4.78. The molecule has 2 heterocycles. The standard InChI is InChI=1S/C20H28N2O3/c1-14-12-15-8-5-6-9-16(15)22(13-14)18(23)17-10-7-11-21(17)19(24)25-20(2,3)4/h5-6,8-9,14,17H,7,10-13H2,1-4H3. The molecule has 1 aromatic carbocycles. The lowest BCUT2D eigenvalue weighted by Gasteiger charge is -2.36. The lowest BCUT2D eigenvalue weighted by Crippen LogP contribution is -2.51. The van der Waals surface area contributed by atoms with Gasteiger partial charge in [-0.25, -0.2) is 4.79 Å². The van der Waals surface area contributed by atoms with E-state index in [4.69, 9.17) is 4.74 Å². The van der Waals surface area contributed by atoms with Crippen molar-refractivity contribution in [3.05, 3.63) is 29.8 Å². The summed E-state index contributed by atoms with van der Waals surface area (Å²) in [6.45, 7) is 8.99. The minimum atomic E-state index is -0.556. The Morgan fingerprint density at radius 2 is 1.92 bits per heavy atom. The number of likely N-dealkylation sites (tertiary alicyclic amines) is 1. The molecular weight excluding hydrogens is 316 g/mol. The molecule has 1 aromatic rings. The molecule has 5 nitrogen and oxygen atoms in total. The van der Waals surface area contributed by atoms with Gasteiger partial charge < -0.3 is 9.64 Å². The quantitative estimate of drug-likeness (QED) is 0.782. The summed E-state index contributed by atoms with van der Waals surface area (Å²) < 4.78 is 5.50. The Bertz CT molecular complexity index is 665. The zero-order valence-electron chi connectivity index (χ0n) is 15.6. The van der Waals surface area contributed by atoms with Crippen LogP contribution in [0.5, 0.6) is 0 Å². The van der Waals surface area contributed by atoms with Crippen LogP contribution in [0, 0.1) is 5.92 Å². The summed E-state index contributed by atoms with van der Waals surface area (Å²) in [5.74, 6) is 0.428. The maximum atomic E-state index is 13.3. The normalized spacial score (nSPS) is 23.4. The molecule has 25 heavy (non-hydrogen) atoms. The van der Waals surface area contributed by atoms with Gasteiger partial charge >= 0.3 is 6.09 Å². The fourth-order valence-electron chi connectivity index (χ4n) is 3.75. The minimum Gasteiger partial charge on any atom is -0.444 e. The number of carbonyl (C=O) groups excluding carboxylic acids is 2. The Hall–Kier alpha value is -2.04. The van der Waals surface area contributed by atoms with Crippen LogP contribution in [-0.2, 0) is 16.0 Å². The van der Waals surface area contributed by atoms with E-state index in [0.29, 0.717) is 25.4 Å². The first-order valence-corrected chi connectivity index (χ1v) is 9.15. The summed E-state index contributed by atoms with van der Waals surface area (Å²) in [6, 6.07) is 7.66. The van der Waals surface area contributed by atoms with Crippen LogP contribution < -0.4 is 4.90 Å². The van der Waals surface area contributed by atoms with Gasteiger partial charge in [-0.2, -0.15) is 0 Å². The molecule has 1 saturated heterocycles. The van der Waals surface area contributed by atoms with Gasteiger partial charge in [-0.15, -0.1) is 0 Å². The minimum absolute atomic E-state index is 0.0161. The molecule has 2 amide bonds. The van der Waals surface area contributed by atoms with Gasteiger partial charge in [0.05, 0.1) is 0 Å². The van der Waals surface area contributed by atoms with E-state index in [1.165, 1.54) is 5.56 Å². The van der Waals surface area contributed by atoms with Gasteiger partial charge in [0.25, 0.3) is 0 Å². The Balaban J connectivity index is 1.81. The number of amides is 2. The SMILES string of the molecule is CC1Cc2ccccc2N(C(=O)C2CCCN2C(=O)OC(C)(C)C)C1. The van der Waals surface area contributed by atoms with Gasteiger partial charge in [0.15, 0.2) is 0 Å². The number of nitrogens with zero attached hydrogens (tertiary/aromatic N) is 2. The molecule has 0 aliphatic carbocycles. The summed E-state index contributed by atoms with van der Waals surface area (Å²) in [4.78, 5) is 29.2. The van der Waals surface area contributed by atoms with E-state index in [1.54, 1.807) is 4.90 Å². The molecule has 2 aliphatic rings. The molecule has 0 bridgehead atoms. The fourth-order valence-corrected chi connectivity index (χ4v) is 3.75. The van der Waals surface area contributed by atoms with E-state index < -0.39 is 11.6 Å². The highest BCUT2D eigenvalue weighted by Crippen LogP contribution is 2.32. The number of fused-ring (bicyclic) bond motifs is 1. The van der Waals surface area contributed by atoms with E-state index in [1.807, 2.05) is 43.9 Å². The average Bonchev–Trinajstić information content (AvgIpc) is 3.01. The zero-order valence-corrected chi connectivity index (χ0v) is 15.6. The van der Waals surface area contributed by atoms with Crippen molar-refractivity contribution in [1.82, 2.24) is 4.90 Å². The highest BCUT2D eigenvalue weighted by atomic mass is 16.6. The highest BCUT2D eigenvalue weighted by Gasteiger charge is 2.40. The predicted molar refractivity (Wildman–Crippen MR) is 97.6 cm³/mol. The predicted octanol–water partition coefficient (Wildman–Crippen LogP) is 3.61. The van der Waals surface area contributed by atoms with Crippen LogP contribution in [0.25, 0.3) is 0 Å². The number of rotatable bonds is 1. The molecular formula is C20H28N2O3.